The number of carbonyl (C=O) groups is 1. The van der Waals surface area contributed by atoms with E-state index in [-0.39, 0.29) is 6.61 Å². The second-order valence-electron chi connectivity index (χ2n) is 4.95. The molecule has 1 amide bonds. The smallest absolute Gasteiger partial charge is 0.404 e. The van der Waals surface area contributed by atoms with Gasteiger partial charge < -0.3 is 20.3 Å². The van der Waals surface area contributed by atoms with Crippen LogP contribution in [0.2, 0.25) is 0 Å². The van der Waals surface area contributed by atoms with E-state index < -0.39 is 12.1 Å². The zero-order chi connectivity index (χ0) is 15.8. The molecule has 0 bridgehead atoms. The molecule has 2 aromatic carbocycles. The number of ether oxygens (including phenoxy) is 1. The van der Waals surface area contributed by atoms with E-state index in [0.717, 1.165) is 16.9 Å². The Hall–Kier alpha value is -2.53. The summed E-state index contributed by atoms with van der Waals surface area (Å²) in [4.78, 5) is 10.6. The SMILES string of the molecule is O=C(O)NC(CO)Cc1ccc(OCc2ccccc2)cc1. The normalized spacial score (nSPS) is 11.7. The topological polar surface area (TPSA) is 78.8 Å². The summed E-state index contributed by atoms with van der Waals surface area (Å²) in [5, 5.41) is 20.1. The van der Waals surface area contributed by atoms with Crippen molar-refractivity contribution in [3.8, 4) is 5.75 Å². The van der Waals surface area contributed by atoms with Crippen LogP contribution in [0.3, 0.4) is 0 Å². The number of amides is 1. The van der Waals surface area contributed by atoms with E-state index in [4.69, 9.17) is 14.9 Å². The summed E-state index contributed by atoms with van der Waals surface area (Å²) in [7, 11) is 0. The van der Waals surface area contributed by atoms with Gasteiger partial charge in [-0.05, 0) is 29.7 Å². The predicted molar refractivity (Wildman–Crippen MR) is 83.0 cm³/mol. The van der Waals surface area contributed by atoms with Crippen LogP contribution in [-0.4, -0.2) is 29.0 Å². The summed E-state index contributed by atoms with van der Waals surface area (Å²) in [6, 6.07) is 16.8. The van der Waals surface area contributed by atoms with Crippen molar-refractivity contribution in [3.63, 3.8) is 0 Å². The van der Waals surface area contributed by atoms with Crippen LogP contribution in [0, 0.1) is 0 Å². The lowest BCUT2D eigenvalue weighted by atomic mass is 10.1. The largest absolute Gasteiger partial charge is 0.489 e. The van der Waals surface area contributed by atoms with E-state index in [1.165, 1.54) is 0 Å². The minimum atomic E-state index is -1.14. The molecule has 116 valence electrons. The van der Waals surface area contributed by atoms with E-state index in [1.807, 2.05) is 54.6 Å². The molecular formula is C17H19NO4. The Morgan fingerprint density at radius 1 is 1.05 bits per heavy atom. The second kappa shape index (κ2) is 8.05. The fraction of sp³-hybridized carbons (Fsp3) is 0.235. The Balaban J connectivity index is 1.88. The highest BCUT2D eigenvalue weighted by Gasteiger charge is 2.10. The highest BCUT2D eigenvalue weighted by Crippen LogP contribution is 2.15. The Bertz CT molecular complexity index is 583. The van der Waals surface area contributed by atoms with Crippen molar-refractivity contribution in [2.45, 2.75) is 19.1 Å². The summed E-state index contributed by atoms with van der Waals surface area (Å²) in [5.41, 5.74) is 2.03. The number of hydrogen-bond acceptors (Lipinski definition) is 3. The first-order valence-corrected chi connectivity index (χ1v) is 7.03. The summed E-state index contributed by atoms with van der Waals surface area (Å²) in [6.45, 7) is 0.262. The van der Waals surface area contributed by atoms with Crippen LogP contribution < -0.4 is 10.1 Å². The van der Waals surface area contributed by atoms with E-state index in [9.17, 15) is 4.79 Å². The standard InChI is InChI=1S/C17H19NO4/c19-11-15(18-17(20)21)10-13-6-8-16(9-7-13)22-12-14-4-2-1-3-5-14/h1-9,15,18-19H,10-12H2,(H,20,21). The quantitative estimate of drug-likeness (QED) is 0.734. The van der Waals surface area contributed by atoms with Crippen molar-refractivity contribution in [3.05, 3.63) is 65.7 Å². The summed E-state index contributed by atoms with van der Waals surface area (Å²) in [6.07, 6.45) is -0.705. The van der Waals surface area contributed by atoms with Crippen LogP contribution in [0.15, 0.2) is 54.6 Å². The van der Waals surface area contributed by atoms with Crippen LogP contribution in [0.4, 0.5) is 4.79 Å². The predicted octanol–water partition coefficient (Wildman–Crippen LogP) is 2.44. The lowest BCUT2D eigenvalue weighted by Gasteiger charge is -2.14. The molecule has 0 heterocycles. The maximum atomic E-state index is 10.6. The number of hydrogen-bond donors (Lipinski definition) is 3. The van der Waals surface area contributed by atoms with Gasteiger partial charge in [0.1, 0.15) is 12.4 Å². The van der Waals surface area contributed by atoms with Gasteiger partial charge in [0.25, 0.3) is 0 Å². The monoisotopic (exact) mass is 301 g/mol. The van der Waals surface area contributed by atoms with Gasteiger partial charge in [0.05, 0.1) is 12.6 Å². The first kappa shape index (κ1) is 15.9. The Morgan fingerprint density at radius 2 is 1.73 bits per heavy atom. The Kier molecular flexibility index (Phi) is 5.80. The van der Waals surface area contributed by atoms with Crippen LogP contribution in [-0.2, 0) is 13.0 Å². The molecule has 3 N–H and O–H groups in total. The van der Waals surface area contributed by atoms with Crippen LogP contribution in [0.1, 0.15) is 11.1 Å². The second-order valence-corrected chi connectivity index (χ2v) is 4.95. The molecule has 0 fully saturated rings. The summed E-state index contributed by atoms with van der Waals surface area (Å²) < 4.78 is 5.68. The van der Waals surface area contributed by atoms with Crippen molar-refractivity contribution in [2.75, 3.05) is 6.61 Å². The third-order valence-corrected chi connectivity index (χ3v) is 3.20. The molecule has 2 rings (SSSR count). The van der Waals surface area contributed by atoms with Crippen molar-refractivity contribution in [2.24, 2.45) is 0 Å². The molecule has 0 saturated heterocycles. The molecule has 0 aliphatic carbocycles. The highest BCUT2D eigenvalue weighted by atomic mass is 16.5. The average molecular weight is 301 g/mol. The first-order chi connectivity index (χ1) is 10.7. The lowest BCUT2D eigenvalue weighted by molar-refractivity contribution is 0.177. The molecule has 1 unspecified atom stereocenters. The zero-order valence-corrected chi connectivity index (χ0v) is 12.1. The summed E-state index contributed by atoms with van der Waals surface area (Å²) in [5.74, 6) is 0.749. The van der Waals surface area contributed by atoms with Gasteiger partial charge in [0.15, 0.2) is 0 Å². The number of nitrogens with one attached hydrogen (secondary N) is 1. The molecule has 0 spiro atoms. The molecule has 1 atom stereocenters. The molecule has 5 nitrogen and oxygen atoms in total. The highest BCUT2D eigenvalue weighted by molar-refractivity contribution is 5.64. The van der Waals surface area contributed by atoms with E-state index in [0.29, 0.717) is 13.0 Å². The number of benzene rings is 2. The molecule has 0 radical (unpaired) electrons. The molecule has 0 aliphatic heterocycles. The molecule has 0 aliphatic rings. The number of aliphatic hydroxyl groups excluding tert-OH is 1. The van der Waals surface area contributed by atoms with Gasteiger partial charge in [-0.15, -0.1) is 0 Å². The maximum Gasteiger partial charge on any atom is 0.404 e. The van der Waals surface area contributed by atoms with Crippen molar-refractivity contribution < 1.29 is 19.7 Å². The Labute approximate surface area is 129 Å². The lowest BCUT2D eigenvalue weighted by Crippen LogP contribution is -2.38. The van der Waals surface area contributed by atoms with Crippen molar-refractivity contribution >= 4 is 6.09 Å². The molecular weight excluding hydrogens is 282 g/mol. The van der Waals surface area contributed by atoms with Gasteiger partial charge in [-0.2, -0.15) is 0 Å². The molecule has 5 heteroatoms. The third kappa shape index (κ3) is 5.10. The van der Waals surface area contributed by atoms with Crippen molar-refractivity contribution in [1.82, 2.24) is 5.32 Å². The van der Waals surface area contributed by atoms with Crippen LogP contribution >= 0.6 is 0 Å². The van der Waals surface area contributed by atoms with Gasteiger partial charge >= 0.3 is 6.09 Å². The van der Waals surface area contributed by atoms with Gasteiger partial charge in [-0.25, -0.2) is 4.79 Å². The molecule has 22 heavy (non-hydrogen) atoms. The fourth-order valence-electron chi connectivity index (χ4n) is 2.08. The van der Waals surface area contributed by atoms with Crippen molar-refractivity contribution in [1.29, 1.82) is 0 Å². The van der Waals surface area contributed by atoms with Gasteiger partial charge in [0.2, 0.25) is 0 Å². The van der Waals surface area contributed by atoms with Crippen LogP contribution in [0.5, 0.6) is 5.75 Å². The minimum absolute atomic E-state index is 0.238. The van der Waals surface area contributed by atoms with E-state index >= 15 is 0 Å². The van der Waals surface area contributed by atoms with E-state index in [2.05, 4.69) is 5.32 Å². The van der Waals surface area contributed by atoms with Gasteiger partial charge in [-0.3, -0.25) is 0 Å². The average Bonchev–Trinajstić information content (AvgIpc) is 2.54. The van der Waals surface area contributed by atoms with Gasteiger partial charge in [0, 0.05) is 0 Å². The first-order valence-electron chi connectivity index (χ1n) is 7.03. The third-order valence-electron chi connectivity index (χ3n) is 3.20. The molecule has 2 aromatic rings. The number of rotatable bonds is 7. The molecule has 0 saturated carbocycles. The number of carboxylic acid groups (broad SMARTS) is 1. The number of aliphatic hydroxyl groups is 1. The minimum Gasteiger partial charge on any atom is -0.489 e. The zero-order valence-electron chi connectivity index (χ0n) is 12.1. The van der Waals surface area contributed by atoms with E-state index in [1.54, 1.807) is 0 Å². The summed E-state index contributed by atoms with van der Waals surface area (Å²) >= 11 is 0. The fourth-order valence-corrected chi connectivity index (χ4v) is 2.08. The van der Waals surface area contributed by atoms with Gasteiger partial charge in [-0.1, -0.05) is 42.5 Å². The maximum absolute atomic E-state index is 10.6. The Morgan fingerprint density at radius 3 is 2.32 bits per heavy atom. The van der Waals surface area contributed by atoms with Crippen LogP contribution in [0.25, 0.3) is 0 Å². The molecule has 0 aromatic heterocycles.